The van der Waals surface area contributed by atoms with Gasteiger partial charge in [0.1, 0.15) is 6.10 Å². The van der Waals surface area contributed by atoms with Crippen LogP contribution in [-0.2, 0) is 20.7 Å². The molecule has 2 unspecified atom stereocenters. The molecule has 2 N–H and O–H groups in total. The van der Waals surface area contributed by atoms with Gasteiger partial charge in [0.25, 0.3) is 0 Å². The molecule has 0 amide bonds. The third-order valence-corrected chi connectivity index (χ3v) is 3.78. The Morgan fingerprint density at radius 3 is 2.90 bits per heavy atom. The molecule has 1 aliphatic rings. The molecule has 20 heavy (non-hydrogen) atoms. The lowest BCUT2D eigenvalue weighted by Crippen LogP contribution is -2.29. The fraction of sp³-hybridized carbons (Fsp3) is 0.562. The molecule has 110 valence electrons. The standard InChI is InChI=1S/C16H23NO3/c1-19-14-6-3-7-15(11-14)20-16(18)9-8-12-4-2-5-13(17)10-12/h2,4-5,10,14-15H,3,6-9,11,17H2,1H3. The molecule has 2 rings (SSSR count). The van der Waals surface area contributed by atoms with Crippen molar-refractivity contribution in [3.63, 3.8) is 0 Å². The van der Waals surface area contributed by atoms with E-state index in [1.54, 1.807) is 7.11 Å². The molecule has 1 aromatic rings. The number of carbonyl (C=O) groups is 1. The van der Waals surface area contributed by atoms with E-state index in [1.165, 1.54) is 0 Å². The Kier molecular flexibility index (Phi) is 5.41. The van der Waals surface area contributed by atoms with E-state index in [1.807, 2.05) is 24.3 Å². The van der Waals surface area contributed by atoms with Gasteiger partial charge in [0.2, 0.25) is 0 Å². The SMILES string of the molecule is COC1CCCC(OC(=O)CCc2cccc(N)c2)C1. The monoisotopic (exact) mass is 277 g/mol. The second-order valence-corrected chi connectivity index (χ2v) is 5.38. The van der Waals surface area contributed by atoms with Crippen molar-refractivity contribution >= 4 is 11.7 Å². The van der Waals surface area contributed by atoms with Gasteiger partial charge in [-0.1, -0.05) is 12.1 Å². The summed E-state index contributed by atoms with van der Waals surface area (Å²) in [7, 11) is 1.72. The van der Waals surface area contributed by atoms with Crippen molar-refractivity contribution in [1.29, 1.82) is 0 Å². The van der Waals surface area contributed by atoms with Crippen LogP contribution in [-0.4, -0.2) is 25.3 Å². The molecular formula is C16H23NO3. The number of methoxy groups -OCH3 is 1. The molecule has 1 fully saturated rings. The van der Waals surface area contributed by atoms with Crippen LogP contribution >= 0.6 is 0 Å². The van der Waals surface area contributed by atoms with E-state index < -0.39 is 0 Å². The van der Waals surface area contributed by atoms with Crippen molar-refractivity contribution in [2.75, 3.05) is 12.8 Å². The molecule has 0 heterocycles. The molecule has 0 radical (unpaired) electrons. The van der Waals surface area contributed by atoms with Crippen molar-refractivity contribution < 1.29 is 14.3 Å². The summed E-state index contributed by atoms with van der Waals surface area (Å²) < 4.78 is 10.9. The first kappa shape index (κ1) is 14.9. The second-order valence-electron chi connectivity index (χ2n) is 5.38. The molecule has 1 aromatic carbocycles. The molecule has 1 saturated carbocycles. The van der Waals surface area contributed by atoms with Crippen molar-refractivity contribution in [3.05, 3.63) is 29.8 Å². The molecule has 0 saturated heterocycles. The third-order valence-electron chi connectivity index (χ3n) is 3.78. The van der Waals surface area contributed by atoms with Gasteiger partial charge in [-0.05, 0) is 43.4 Å². The van der Waals surface area contributed by atoms with Crippen molar-refractivity contribution in [3.8, 4) is 0 Å². The van der Waals surface area contributed by atoms with E-state index in [-0.39, 0.29) is 18.2 Å². The lowest BCUT2D eigenvalue weighted by Gasteiger charge is -2.27. The van der Waals surface area contributed by atoms with Gasteiger partial charge in [-0.2, -0.15) is 0 Å². The van der Waals surface area contributed by atoms with Gasteiger partial charge in [0.15, 0.2) is 0 Å². The first-order chi connectivity index (χ1) is 9.67. The number of nitrogen functional groups attached to an aromatic ring is 1. The van der Waals surface area contributed by atoms with E-state index in [2.05, 4.69) is 0 Å². The summed E-state index contributed by atoms with van der Waals surface area (Å²) in [5.74, 6) is -0.130. The summed E-state index contributed by atoms with van der Waals surface area (Å²) >= 11 is 0. The van der Waals surface area contributed by atoms with Crippen LogP contribution in [0.3, 0.4) is 0 Å². The van der Waals surface area contributed by atoms with Crippen LogP contribution in [0.25, 0.3) is 0 Å². The molecule has 2 atom stereocenters. The van der Waals surface area contributed by atoms with Gasteiger partial charge >= 0.3 is 5.97 Å². The van der Waals surface area contributed by atoms with Gasteiger partial charge in [-0.25, -0.2) is 0 Å². The number of esters is 1. The minimum absolute atomic E-state index is 0.0158. The predicted octanol–water partition coefficient (Wildman–Crippen LogP) is 2.70. The zero-order chi connectivity index (χ0) is 14.4. The van der Waals surface area contributed by atoms with Gasteiger partial charge in [-0.3, -0.25) is 4.79 Å². The topological polar surface area (TPSA) is 61.5 Å². The summed E-state index contributed by atoms with van der Waals surface area (Å²) in [6.45, 7) is 0. The average Bonchev–Trinajstić information content (AvgIpc) is 2.45. The smallest absolute Gasteiger partial charge is 0.306 e. The largest absolute Gasteiger partial charge is 0.462 e. The molecule has 4 nitrogen and oxygen atoms in total. The summed E-state index contributed by atoms with van der Waals surface area (Å²) in [6.07, 6.45) is 5.21. The number of benzene rings is 1. The fourth-order valence-corrected chi connectivity index (χ4v) is 2.66. The molecule has 0 bridgehead atoms. The Bertz CT molecular complexity index is 447. The maximum atomic E-state index is 11.9. The maximum absolute atomic E-state index is 11.9. The summed E-state index contributed by atoms with van der Waals surface area (Å²) in [5.41, 5.74) is 7.51. The molecule has 1 aliphatic carbocycles. The Morgan fingerprint density at radius 1 is 1.35 bits per heavy atom. The number of aryl methyl sites for hydroxylation is 1. The van der Waals surface area contributed by atoms with Crippen LogP contribution in [0.5, 0.6) is 0 Å². The Balaban J connectivity index is 1.75. The number of carbonyl (C=O) groups excluding carboxylic acids is 1. The molecule has 4 heteroatoms. The number of rotatable bonds is 5. The zero-order valence-corrected chi connectivity index (χ0v) is 12.0. The number of ether oxygens (including phenoxy) is 2. The highest BCUT2D eigenvalue weighted by Crippen LogP contribution is 2.23. The van der Waals surface area contributed by atoms with Crippen LogP contribution in [0.15, 0.2) is 24.3 Å². The van der Waals surface area contributed by atoms with Crippen LogP contribution in [0, 0.1) is 0 Å². The fourth-order valence-electron chi connectivity index (χ4n) is 2.66. The zero-order valence-electron chi connectivity index (χ0n) is 12.0. The first-order valence-electron chi connectivity index (χ1n) is 7.24. The average molecular weight is 277 g/mol. The Morgan fingerprint density at radius 2 is 2.15 bits per heavy atom. The maximum Gasteiger partial charge on any atom is 0.306 e. The van der Waals surface area contributed by atoms with Crippen LogP contribution in [0.1, 0.15) is 37.7 Å². The third kappa shape index (κ3) is 4.53. The minimum Gasteiger partial charge on any atom is -0.462 e. The van der Waals surface area contributed by atoms with Gasteiger partial charge in [0, 0.05) is 25.6 Å². The normalized spacial score (nSPS) is 22.4. The first-order valence-corrected chi connectivity index (χ1v) is 7.24. The highest BCUT2D eigenvalue weighted by Gasteiger charge is 2.24. The van der Waals surface area contributed by atoms with Gasteiger partial charge < -0.3 is 15.2 Å². The van der Waals surface area contributed by atoms with Crippen LogP contribution in [0.4, 0.5) is 5.69 Å². The lowest BCUT2D eigenvalue weighted by atomic mass is 9.95. The molecular weight excluding hydrogens is 254 g/mol. The second kappa shape index (κ2) is 7.29. The van der Waals surface area contributed by atoms with E-state index in [9.17, 15) is 4.79 Å². The minimum atomic E-state index is -0.130. The summed E-state index contributed by atoms with van der Waals surface area (Å²) in [4.78, 5) is 11.9. The van der Waals surface area contributed by atoms with Crippen LogP contribution in [0.2, 0.25) is 0 Å². The molecule has 0 aromatic heterocycles. The van der Waals surface area contributed by atoms with Gasteiger partial charge in [0.05, 0.1) is 6.10 Å². The predicted molar refractivity (Wildman–Crippen MR) is 78.3 cm³/mol. The van der Waals surface area contributed by atoms with Crippen molar-refractivity contribution in [1.82, 2.24) is 0 Å². The summed E-state index contributed by atoms with van der Waals surface area (Å²) in [5, 5.41) is 0. The molecule has 0 spiro atoms. The number of anilines is 1. The van der Waals surface area contributed by atoms with E-state index in [4.69, 9.17) is 15.2 Å². The van der Waals surface area contributed by atoms with E-state index in [0.29, 0.717) is 12.8 Å². The highest BCUT2D eigenvalue weighted by molar-refractivity contribution is 5.70. The van der Waals surface area contributed by atoms with Crippen molar-refractivity contribution in [2.45, 2.75) is 50.7 Å². The number of hydrogen-bond acceptors (Lipinski definition) is 4. The Labute approximate surface area is 120 Å². The van der Waals surface area contributed by atoms with E-state index in [0.717, 1.165) is 36.9 Å². The quantitative estimate of drug-likeness (QED) is 0.664. The van der Waals surface area contributed by atoms with Crippen LogP contribution < -0.4 is 5.73 Å². The number of hydrogen-bond donors (Lipinski definition) is 1. The Hall–Kier alpha value is -1.55. The molecule has 0 aliphatic heterocycles. The highest BCUT2D eigenvalue weighted by atomic mass is 16.5. The summed E-state index contributed by atoms with van der Waals surface area (Å²) in [6, 6.07) is 7.62. The van der Waals surface area contributed by atoms with Crippen molar-refractivity contribution in [2.24, 2.45) is 0 Å². The van der Waals surface area contributed by atoms with Gasteiger partial charge in [-0.15, -0.1) is 0 Å². The lowest BCUT2D eigenvalue weighted by molar-refractivity contribution is -0.152. The van der Waals surface area contributed by atoms with E-state index >= 15 is 0 Å². The number of nitrogens with two attached hydrogens (primary N) is 1.